The molecule has 0 saturated carbocycles. The number of benzene rings is 1. The Balaban J connectivity index is 1.45. The summed E-state index contributed by atoms with van der Waals surface area (Å²) in [5.74, 6) is -0.239. The van der Waals surface area contributed by atoms with Gasteiger partial charge in [0.05, 0.1) is 12.1 Å². The molecule has 1 aromatic heterocycles. The van der Waals surface area contributed by atoms with E-state index >= 15 is 0 Å². The van der Waals surface area contributed by atoms with E-state index in [4.69, 9.17) is 4.74 Å². The van der Waals surface area contributed by atoms with Crippen LogP contribution >= 0.6 is 0 Å². The molecule has 0 unspecified atom stereocenters. The summed E-state index contributed by atoms with van der Waals surface area (Å²) in [5, 5.41) is 3.71. The van der Waals surface area contributed by atoms with Crippen LogP contribution in [0.4, 0.5) is 4.39 Å². The van der Waals surface area contributed by atoms with Gasteiger partial charge in [0.15, 0.2) is 5.83 Å². The molecule has 1 N–H and O–H groups in total. The maximum atomic E-state index is 13.6. The van der Waals surface area contributed by atoms with Crippen molar-refractivity contribution in [2.45, 2.75) is 65.2 Å². The van der Waals surface area contributed by atoms with Crippen LogP contribution in [0.1, 0.15) is 65.2 Å². The minimum absolute atomic E-state index is 0.323. The lowest BCUT2D eigenvalue weighted by Gasteiger charge is -2.06. The molecule has 0 fully saturated rings. The number of unbranched alkanes of at least 4 members (excludes halogenated alkanes) is 7. The molecule has 2 aromatic rings. The summed E-state index contributed by atoms with van der Waals surface area (Å²) in [6.07, 6.45) is 9.66. The first-order chi connectivity index (χ1) is 14.6. The van der Waals surface area contributed by atoms with Crippen molar-refractivity contribution in [3.05, 3.63) is 48.3 Å². The molecular weight excluding hydrogens is 379 g/mol. The van der Waals surface area contributed by atoms with Crippen molar-refractivity contribution >= 4 is 16.8 Å². The summed E-state index contributed by atoms with van der Waals surface area (Å²) < 4.78 is 19.4. The SMILES string of the molecule is CC(C)CNC(=O)/C(F)=C/CCCCCCCCCOc1ccc2ccccc2n1. The lowest BCUT2D eigenvalue weighted by atomic mass is 10.1. The molecule has 2 rings (SSSR count). The van der Waals surface area contributed by atoms with Crippen molar-refractivity contribution in [2.24, 2.45) is 5.92 Å². The summed E-state index contributed by atoms with van der Waals surface area (Å²) in [6, 6.07) is 12.0. The number of pyridine rings is 1. The Labute approximate surface area is 179 Å². The standard InChI is InChI=1S/C25H35FN2O2/c1-20(2)19-27-25(29)22(26)14-9-7-5-3-4-6-8-12-18-30-24-17-16-21-13-10-11-15-23(21)28-24/h10-11,13-17,20H,3-9,12,18-19H2,1-2H3,(H,27,29)/b22-14-. The molecule has 0 aliphatic carbocycles. The number of nitrogens with one attached hydrogen (secondary N) is 1. The third-order valence-electron chi connectivity index (χ3n) is 4.88. The van der Waals surface area contributed by atoms with Crippen LogP contribution in [-0.4, -0.2) is 24.0 Å². The summed E-state index contributed by atoms with van der Waals surface area (Å²) in [4.78, 5) is 16.0. The first-order valence-corrected chi connectivity index (χ1v) is 11.2. The van der Waals surface area contributed by atoms with Crippen LogP contribution in [0.25, 0.3) is 10.9 Å². The number of hydrogen-bond acceptors (Lipinski definition) is 3. The predicted octanol–water partition coefficient (Wildman–Crippen LogP) is 6.36. The molecule has 1 amide bonds. The zero-order valence-electron chi connectivity index (χ0n) is 18.3. The van der Waals surface area contributed by atoms with Crippen LogP contribution in [0.15, 0.2) is 48.3 Å². The Hall–Kier alpha value is -2.43. The van der Waals surface area contributed by atoms with Crippen molar-refractivity contribution in [3.63, 3.8) is 0 Å². The van der Waals surface area contributed by atoms with Crippen LogP contribution in [0.5, 0.6) is 5.88 Å². The van der Waals surface area contributed by atoms with Crippen molar-refractivity contribution in [3.8, 4) is 5.88 Å². The Morgan fingerprint density at radius 1 is 1.03 bits per heavy atom. The van der Waals surface area contributed by atoms with E-state index in [9.17, 15) is 9.18 Å². The van der Waals surface area contributed by atoms with Gasteiger partial charge in [-0.05, 0) is 43.4 Å². The summed E-state index contributed by atoms with van der Waals surface area (Å²) in [7, 11) is 0. The van der Waals surface area contributed by atoms with E-state index in [0.717, 1.165) is 43.0 Å². The number of carbonyl (C=O) groups is 1. The Morgan fingerprint density at radius 3 is 2.50 bits per heavy atom. The van der Waals surface area contributed by atoms with Gasteiger partial charge in [-0.2, -0.15) is 0 Å². The van der Waals surface area contributed by atoms with E-state index in [1.54, 1.807) is 0 Å². The van der Waals surface area contributed by atoms with Crippen LogP contribution in [0, 0.1) is 5.92 Å². The number of amides is 1. The topological polar surface area (TPSA) is 51.2 Å². The number of carbonyl (C=O) groups excluding carboxylic acids is 1. The van der Waals surface area contributed by atoms with Crippen LogP contribution in [0.2, 0.25) is 0 Å². The Morgan fingerprint density at radius 2 is 1.73 bits per heavy atom. The molecule has 5 heteroatoms. The molecule has 1 heterocycles. The molecular formula is C25H35FN2O2. The van der Waals surface area contributed by atoms with E-state index in [0.29, 0.717) is 31.4 Å². The van der Waals surface area contributed by atoms with Gasteiger partial charge in [-0.15, -0.1) is 0 Å². The number of fused-ring (bicyclic) bond motifs is 1. The molecule has 0 radical (unpaired) electrons. The molecule has 0 bridgehead atoms. The van der Waals surface area contributed by atoms with E-state index in [-0.39, 0.29) is 0 Å². The molecule has 30 heavy (non-hydrogen) atoms. The Kier molecular flexibility index (Phi) is 10.9. The van der Waals surface area contributed by atoms with Crippen molar-refractivity contribution in [1.82, 2.24) is 10.3 Å². The van der Waals surface area contributed by atoms with Gasteiger partial charge in [-0.25, -0.2) is 9.37 Å². The molecule has 1 aromatic carbocycles. The average molecular weight is 415 g/mol. The largest absolute Gasteiger partial charge is 0.478 e. The smallest absolute Gasteiger partial charge is 0.279 e. The van der Waals surface area contributed by atoms with E-state index < -0.39 is 11.7 Å². The number of rotatable bonds is 14. The molecule has 0 atom stereocenters. The van der Waals surface area contributed by atoms with Crippen LogP contribution in [-0.2, 0) is 4.79 Å². The van der Waals surface area contributed by atoms with Crippen molar-refractivity contribution < 1.29 is 13.9 Å². The minimum atomic E-state index is -0.656. The minimum Gasteiger partial charge on any atom is -0.478 e. The zero-order valence-corrected chi connectivity index (χ0v) is 18.3. The van der Waals surface area contributed by atoms with Gasteiger partial charge in [-0.1, -0.05) is 64.2 Å². The quantitative estimate of drug-likeness (QED) is 0.289. The zero-order chi connectivity index (χ0) is 21.6. The second kappa shape index (κ2) is 13.7. The molecule has 0 aliphatic rings. The van der Waals surface area contributed by atoms with Gasteiger partial charge in [0.25, 0.3) is 5.91 Å². The third-order valence-corrected chi connectivity index (χ3v) is 4.88. The fourth-order valence-corrected chi connectivity index (χ4v) is 3.14. The number of halogens is 1. The summed E-state index contributed by atoms with van der Waals surface area (Å²) >= 11 is 0. The summed E-state index contributed by atoms with van der Waals surface area (Å²) in [5.41, 5.74) is 0.959. The number of ether oxygens (including phenoxy) is 1. The van der Waals surface area contributed by atoms with Crippen LogP contribution < -0.4 is 10.1 Å². The van der Waals surface area contributed by atoms with E-state index in [2.05, 4.69) is 10.3 Å². The average Bonchev–Trinajstić information content (AvgIpc) is 2.75. The molecule has 0 spiro atoms. The normalized spacial score (nSPS) is 11.8. The lowest BCUT2D eigenvalue weighted by Crippen LogP contribution is -2.27. The van der Waals surface area contributed by atoms with Gasteiger partial charge in [0, 0.05) is 18.0 Å². The first-order valence-electron chi connectivity index (χ1n) is 11.2. The van der Waals surface area contributed by atoms with Gasteiger partial charge < -0.3 is 10.1 Å². The Bertz CT molecular complexity index is 805. The third kappa shape index (κ3) is 9.38. The van der Waals surface area contributed by atoms with Gasteiger partial charge in [0.2, 0.25) is 5.88 Å². The number of nitrogens with zero attached hydrogens (tertiary/aromatic N) is 1. The molecule has 0 aliphatic heterocycles. The van der Waals surface area contributed by atoms with Crippen molar-refractivity contribution in [2.75, 3.05) is 13.2 Å². The van der Waals surface area contributed by atoms with Crippen LogP contribution in [0.3, 0.4) is 0 Å². The molecule has 0 saturated heterocycles. The molecule has 164 valence electrons. The van der Waals surface area contributed by atoms with Gasteiger partial charge in [0.1, 0.15) is 0 Å². The summed E-state index contributed by atoms with van der Waals surface area (Å²) in [6.45, 7) is 5.16. The van der Waals surface area contributed by atoms with Gasteiger partial charge >= 0.3 is 0 Å². The highest BCUT2D eigenvalue weighted by Crippen LogP contribution is 2.16. The number of allylic oxidation sites excluding steroid dienone is 1. The van der Waals surface area contributed by atoms with E-state index in [1.807, 2.05) is 50.2 Å². The first kappa shape index (κ1) is 23.8. The maximum absolute atomic E-state index is 13.6. The lowest BCUT2D eigenvalue weighted by molar-refractivity contribution is -0.119. The second-order valence-electron chi connectivity index (χ2n) is 8.11. The fraction of sp³-hybridized carbons (Fsp3) is 0.520. The molecule has 4 nitrogen and oxygen atoms in total. The second-order valence-corrected chi connectivity index (χ2v) is 8.11. The number of para-hydroxylation sites is 1. The van der Waals surface area contributed by atoms with E-state index in [1.165, 1.54) is 18.9 Å². The maximum Gasteiger partial charge on any atom is 0.279 e. The highest BCUT2D eigenvalue weighted by atomic mass is 19.1. The highest BCUT2D eigenvalue weighted by Gasteiger charge is 2.07. The number of hydrogen-bond donors (Lipinski definition) is 1. The fourth-order valence-electron chi connectivity index (χ4n) is 3.14. The van der Waals surface area contributed by atoms with Gasteiger partial charge in [-0.3, -0.25) is 4.79 Å². The number of aromatic nitrogens is 1. The monoisotopic (exact) mass is 414 g/mol. The highest BCUT2D eigenvalue weighted by molar-refractivity contribution is 5.91. The predicted molar refractivity (Wildman–Crippen MR) is 121 cm³/mol. The van der Waals surface area contributed by atoms with Crippen molar-refractivity contribution in [1.29, 1.82) is 0 Å².